The van der Waals surface area contributed by atoms with Gasteiger partial charge in [-0.2, -0.15) is 0 Å². The number of nitrogens with one attached hydrogen (secondary N) is 3. The number of anilines is 2. The molecule has 1 atom stereocenters. The number of ether oxygens (including phenoxy) is 2. The van der Waals surface area contributed by atoms with E-state index in [4.69, 9.17) is 9.47 Å². The number of aromatic nitrogens is 1. The van der Waals surface area contributed by atoms with Crippen molar-refractivity contribution in [3.8, 4) is 11.6 Å². The predicted octanol–water partition coefficient (Wildman–Crippen LogP) is 2.30. The summed E-state index contributed by atoms with van der Waals surface area (Å²) in [5.74, 6) is 0.886. The smallest absolute Gasteiger partial charge is 0.319 e. The fourth-order valence-corrected chi connectivity index (χ4v) is 2.39. The lowest BCUT2D eigenvalue weighted by atomic mass is 10.1. The zero-order valence-electron chi connectivity index (χ0n) is 13.8. The predicted molar refractivity (Wildman–Crippen MR) is 91.9 cm³/mol. The first-order valence-electron chi connectivity index (χ1n) is 7.69. The molecule has 8 heteroatoms. The average Bonchev–Trinajstić information content (AvgIpc) is 2.61. The van der Waals surface area contributed by atoms with Crippen LogP contribution in [0.25, 0.3) is 0 Å². The van der Waals surface area contributed by atoms with Crippen LogP contribution in [0.1, 0.15) is 18.5 Å². The molecule has 1 aliphatic rings. The van der Waals surface area contributed by atoms with Crippen LogP contribution < -0.4 is 25.4 Å². The Balaban J connectivity index is 1.63. The fraction of sp³-hybridized carbons (Fsp3) is 0.235. The molecule has 1 aliphatic heterocycles. The van der Waals surface area contributed by atoms with Crippen LogP contribution in [-0.2, 0) is 4.79 Å². The van der Waals surface area contributed by atoms with Crippen molar-refractivity contribution < 1.29 is 19.1 Å². The minimum Gasteiger partial charge on any atom is -0.482 e. The normalized spacial score (nSPS) is 13.8. The maximum atomic E-state index is 12.1. The lowest BCUT2D eigenvalue weighted by Crippen LogP contribution is -2.31. The molecule has 1 aromatic heterocycles. The summed E-state index contributed by atoms with van der Waals surface area (Å²) in [6.45, 7) is 1.86. The van der Waals surface area contributed by atoms with Crippen molar-refractivity contribution in [3.05, 3.63) is 42.1 Å². The molecule has 0 saturated heterocycles. The molecule has 0 fully saturated rings. The third-order valence-corrected chi connectivity index (χ3v) is 3.69. The number of carbonyl (C=O) groups excluding carboxylic acids is 2. The number of fused-ring (bicyclic) bond motifs is 1. The zero-order valence-corrected chi connectivity index (χ0v) is 13.8. The molecular weight excluding hydrogens is 324 g/mol. The molecule has 130 valence electrons. The van der Waals surface area contributed by atoms with E-state index in [1.807, 2.05) is 13.0 Å². The Labute approximate surface area is 144 Å². The molecule has 0 saturated carbocycles. The third-order valence-electron chi connectivity index (χ3n) is 3.69. The highest BCUT2D eigenvalue weighted by Crippen LogP contribution is 2.30. The van der Waals surface area contributed by atoms with Gasteiger partial charge in [-0.3, -0.25) is 4.79 Å². The van der Waals surface area contributed by atoms with Crippen molar-refractivity contribution >= 4 is 23.3 Å². The van der Waals surface area contributed by atoms with Crippen LogP contribution in [0, 0.1) is 0 Å². The molecule has 0 radical (unpaired) electrons. The summed E-state index contributed by atoms with van der Waals surface area (Å²) in [6.07, 6.45) is 1.51. The molecule has 8 nitrogen and oxygen atoms in total. The lowest BCUT2D eigenvalue weighted by molar-refractivity contribution is -0.118. The number of amides is 3. The highest BCUT2D eigenvalue weighted by atomic mass is 16.5. The van der Waals surface area contributed by atoms with E-state index in [9.17, 15) is 9.59 Å². The van der Waals surface area contributed by atoms with E-state index in [2.05, 4.69) is 20.9 Å². The average molecular weight is 342 g/mol. The van der Waals surface area contributed by atoms with Crippen molar-refractivity contribution in [1.82, 2.24) is 10.3 Å². The number of benzene rings is 1. The fourth-order valence-electron chi connectivity index (χ4n) is 2.39. The second-order valence-electron chi connectivity index (χ2n) is 5.50. The Morgan fingerprint density at radius 2 is 2.20 bits per heavy atom. The van der Waals surface area contributed by atoms with Gasteiger partial charge in [-0.1, -0.05) is 6.07 Å². The summed E-state index contributed by atoms with van der Waals surface area (Å²) in [7, 11) is 1.52. The second kappa shape index (κ2) is 7.08. The van der Waals surface area contributed by atoms with Gasteiger partial charge in [0.1, 0.15) is 5.75 Å². The SMILES string of the molecule is COc1ccc(NC(=O)NC(C)c2ccc3c(c2)NC(=O)CO3)cn1. The minimum absolute atomic E-state index is 0.0124. The highest BCUT2D eigenvalue weighted by molar-refractivity contribution is 5.95. The van der Waals surface area contributed by atoms with Crippen molar-refractivity contribution in [1.29, 1.82) is 0 Å². The topological polar surface area (TPSA) is 102 Å². The number of pyridine rings is 1. The van der Waals surface area contributed by atoms with Gasteiger partial charge in [0.25, 0.3) is 5.91 Å². The number of nitrogens with zero attached hydrogens (tertiary/aromatic N) is 1. The maximum absolute atomic E-state index is 12.1. The summed E-state index contributed by atoms with van der Waals surface area (Å²) in [5.41, 5.74) is 1.99. The van der Waals surface area contributed by atoms with Gasteiger partial charge in [-0.05, 0) is 30.7 Å². The van der Waals surface area contributed by atoms with Crippen LogP contribution in [0.4, 0.5) is 16.2 Å². The molecule has 3 N–H and O–H groups in total. The van der Waals surface area contributed by atoms with Crippen LogP contribution in [0.3, 0.4) is 0 Å². The van der Waals surface area contributed by atoms with Crippen LogP contribution in [-0.4, -0.2) is 30.6 Å². The maximum Gasteiger partial charge on any atom is 0.319 e. The Kier molecular flexibility index (Phi) is 4.69. The molecule has 0 bridgehead atoms. The monoisotopic (exact) mass is 342 g/mol. The first kappa shape index (κ1) is 16.6. The lowest BCUT2D eigenvalue weighted by Gasteiger charge is -2.21. The van der Waals surface area contributed by atoms with Crippen molar-refractivity contribution in [3.63, 3.8) is 0 Å². The molecule has 25 heavy (non-hydrogen) atoms. The Bertz CT molecular complexity index is 792. The van der Waals surface area contributed by atoms with Gasteiger partial charge in [0.15, 0.2) is 6.61 Å². The van der Waals surface area contributed by atoms with Crippen molar-refractivity contribution in [2.24, 2.45) is 0 Å². The number of rotatable bonds is 4. The van der Waals surface area contributed by atoms with Gasteiger partial charge in [0.05, 0.1) is 30.7 Å². The Hall–Kier alpha value is -3.29. The second-order valence-corrected chi connectivity index (χ2v) is 5.50. The molecule has 2 aromatic rings. The molecule has 3 rings (SSSR count). The highest BCUT2D eigenvalue weighted by Gasteiger charge is 2.18. The van der Waals surface area contributed by atoms with Gasteiger partial charge in [0, 0.05) is 6.07 Å². The van der Waals surface area contributed by atoms with E-state index >= 15 is 0 Å². The van der Waals surface area contributed by atoms with Gasteiger partial charge in [-0.25, -0.2) is 9.78 Å². The summed E-state index contributed by atoms with van der Waals surface area (Å²) in [6, 6.07) is 8.12. The van der Waals surface area contributed by atoms with E-state index in [-0.39, 0.29) is 24.6 Å². The molecule has 1 unspecified atom stereocenters. The largest absolute Gasteiger partial charge is 0.482 e. The third kappa shape index (κ3) is 3.97. The summed E-state index contributed by atoms with van der Waals surface area (Å²) >= 11 is 0. The van der Waals surface area contributed by atoms with Crippen LogP contribution in [0.15, 0.2) is 36.5 Å². The van der Waals surface area contributed by atoms with Crippen molar-refractivity contribution in [2.75, 3.05) is 24.4 Å². The first-order valence-corrected chi connectivity index (χ1v) is 7.69. The van der Waals surface area contributed by atoms with E-state index in [1.54, 1.807) is 24.3 Å². The number of carbonyl (C=O) groups is 2. The van der Waals surface area contributed by atoms with E-state index in [0.717, 1.165) is 5.56 Å². The molecule has 3 amide bonds. The van der Waals surface area contributed by atoms with Gasteiger partial charge < -0.3 is 25.4 Å². The van der Waals surface area contributed by atoms with Gasteiger partial charge in [-0.15, -0.1) is 0 Å². The molecule has 0 aliphatic carbocycles. The first-order chi connectivity index (χ1) is 12.0. The minimum atomic E-state index is -0.363. The molecule has 0 spiro atoms. The van der Waals surface area contributed by atoms with Crippen LogP contribution >= 0.6 is 0 Å². The number of urea groups is 1. The standard InChI is InChI=1S/C17H18N4O4/c1-10(11-3-5-14-13(7-11)21-15(22)9-25-14)19-17(23)20-12-4-6-16(24-2)18-8-12/h3-8,10H,9H2,1-2H3,(H,21,22)(H2,19,20,23). The van der Waals surface area contributed by atoms with E-state index in [0.29, 0.717) is 23.0 Å². The number of hydrogen-bond donors (Lipinski definition) is 3. The molecular formula is C17H18N4O4. The van der Waals surface area contributed by atoms with Crippen molar-refractivity contribution in [2.45, 2.75) is 13.0 Å². The molecule has 2 heterocycles. The van der Waals surface area contributed by atoms with E-state index < -0.39 is 0 Å². The molecule has 1 aromatic carbocycles. The van der Waals surface area contributed by atoms with Gasteiger partial charge in [0.2, 0.25) is 5.88 Å². The Morgan fingerprint density at radius 1 is 1.36 bits per heavy atom. The van der Waals surface area contributed by atoms with Crippen LogP contribution in [0.2, 0.25) is 0 Å². The summed E-state index contributed by atoms with van der Waals surface area (Å²) < 4.78 is 10.3. The zero-order chi connectivity index (χ0) is 17.8. The Morgan fingerprint density at radius 3 is 2.92 bits per heavy atom. The number of methoxy groups -OCH3 is 1. The summed E-state index contributed by atoms with van der Waals surface area (Å²) in [5, 5.41) is 8.28. The quantitative estimate of drug-likeness (QED) is 0.791. The number of hydrogen-bond acceptors (Lipinski definition) is 5. The summed E-state index contributed by atoms with van der Waals surface area (Å²) in [4.78, 5) is 27.5. The van der Waals surface area contributed by atoms with Crippen LogP contribution in [0.5, 0.6) is 11.6 Å². The van der Waals surface area contributed by atoms with E-state index in [1.165, 1.54) is 13.3 Å². The van der Waals surface area contributed by atoms with Gasteiger partial charge >= 0.3 is 6.03 Å².